The summed E-state index contributed by atoms with van der Waals surface area (Å²) in [5.74, 6) is -2.15. The van der Waals surface area contributed by atoms with Crippen molar-refractivity contribution in [3.63, 3.8) is 0 Å². The monoisotopic (exact) mass is 266 g/mol. The first kappa shape index (κ1) is 15.5. The fourth-order valence-electron chi connectivity index (χ4n) is 2.39. The molecule has 106 valence electrons. The molecule has 2 N–H and O–H groups in total. The fourth-order valence-corrected chi connectivity index (χ4v) is 2.39. The van der Waals surface area contributed by atoms with Crippen molar-refractivity contribution in [2.24, 2.45) is 11.8 Å². The van der Waals surface area contributed by atoms with Crippen molar-refractivity contribution >= 4 is 11.9 Å². The van der Waals surface area contributed by atoms with E-state index in [0.717, 1.165) is 24.0 Å². The van der Waals surface area contributed by atoms with Gasteiger partial charge < -0.3 is 10.2 Å². The first-order valence-corrected chi connectivity index (χ1v) is 6.65. The predicted octanol–water partition coefficient (Wildman–Crippen LogP) is 3.24. The van der Waals surface area contributed by atoms with Crippen LogP contribution in [0.25, 0.3) is 0 Å². The van der Waals surface area contributed by atoms with Crippen LogP contribution in [0.5, 0.6) is 0 Å². The second-order valence-corrected chi connectivity index (χ2v) is 5.39. The summed E-state index contributed by atoms with van der Waals surface area (Å²) in [6.07, 6.45) is 3.88. The third-order valence-corrected chi connectivity index (χ3v) is 3.93. The molecule has 1 rings (SSSR count). The molecule has 0 bridgehead atoms. The maximum absolute atomic E-state index is 11.4. The average molecular weight is 266 g/mol. The van der Waals surface area contributed by atoms with Crippen LogP contribution < -0.4 is 0 Å². The highest BCUT2D eigenvalue weighted by atomic mass is 16.4. The number of allylic oxidation sites excluding steroid dienone is 3. The van der Waals surface area contributed by atoms with E-state index in [1.165, 1.54) is 5.57 Å². The molecule has 1 aliphatic carbocycles. The molecule has 2 atom stereocenters. The summed E-state index contributed by atoms with van der Waals surface area (Å²) in [5, 5.41) is 18.1. The largest absolute Gasteiger partial charge is 0.481 e. The van der Waals surface area contributed by atoms with Gasteiger partial charge in [-0.05, 0) is 44.6 Å². The Labute approximate surface area is 113 Å². The smallest absolute Gasteiger partial charge is 0.310 e. The van der Waals surface area contributed by atoms with Gasteiger partial charge in [0.05, 0.1) is 5.92 Å². The topological polar surface area (TPSA) is 74.6 Å². The summed E-state index contributed by atoms with van der Waals surface area (Å²) in [6.45, 7) is 6.10. The Hall–Kier alpha value is -1.58. The predicted molar refractivity (Wildman–Crippen MR) is 72.9 cm³/mol. The van der Waals surface area contributed by atoms with Gasteiger partial charge >= 0.3 is 11.9 Å². The van der Waals surface area contributed by atoms with Crippen LogP contribution in [-0.4, -0.2) is 22.2 Å². The molecule has 19 heavy (non-hydrogen) atoms. The van der Waals surface area contributed by atoms with Gasteiger partial charge in [0.2, 0.25) is 0 Å². The van der Waals surface area contributed by atoms with E-state index in [-0.39, 0.29) is 12.8 Å². The lowest BCUT2D eigenvalue weighted by molar-refractivity contribution is -0.141. The van der Waals surface area contributed by atoms with Crippen molar-refractivity contribution in [2.75, 3.05) is 0 Å². The van der Waals surface area contributed by atoms with Gasteiger partial charge in [-0.25, -0.2) is 0 Å². The van der Waals surface area contributed by atoms with Gasteiger partial charge in [0.15, 0.2) is 0 Å². The number of rotatable bonds is 5. The highest BCUT2D eigenvalue weighted by molar-refractivity contribution is 5.76. The zero-order chi connectivity index (χ0) is 14.6. The molecule has 0 spiro atoms. The molecule has 0 saturated carbocycles. The van der Waals surface area contributed by atoms with Crippen LogP contribution in [-0.2, 0) is 9.59 Å². The summed E-state index contributed by atoms with van der Waals surface area (Å²) in [4.78, 5) is 22.1. The van der Waals surface area contributed by atoms with E-state index < -0.39 is 17.9 Å². The van der Waals surface area contributed by atoms with Crippen molar-refractivity contribution in [1.82, 2.24) is 0 Å². The Morgan fingerprint density at radius 2 is 2.00 bits per heavy atom. The van der Waals surface area contributed by atoms with Gasteiger partial charge in [0, 0.05) is 6.42 Å². The van der Waals surface area contributed by atoms with Gasteiger partial charge in [0.1, 0.15) is 0 Å². The molecule has 0 heterocycles. The summed E-state index contributed by atoms with van der Waals surface area (Å²) in [6, 6.07) is 0. The summed E-state index contributed by atoms with van der Waals surface area (Å²) >= 11 is 0. The molecule has 0 fully saturated rings. The first-order chi connectivity index (χ1) is 8.82. The first-order valence-electron chi connectivity index (χ1n) is 6.65. The molecule has 0 amide bonds. The SMILES string of the molecule is CC1=CC([C@@H](CCC(=O)O)C(=O)O)=C(C)CC[C@H]1C. The molecule has 4 nitrogen and oxygen atoms in total. The molecule has 0 aromatic heterocycles. The number of carbonyl (C=O) groups is 2. The minimum Gasteiger partial charge on any atom is -0.481 e. The third-order valence-electron chi connectivity index (χ3n) is 3.93. The lowest BCUT2D eigenvalue weighted by Gasteiger charge is -2.15. The Bertz CT molecular complexity index is 431. The summed E-state index contributed by atoms with van der Waals surface area (Å²) in [7, 11) is 0. The van der Waals surface area contributed by atoms with Crippen LogP contribution in [0.4, 0.5) is 0 Å². The van der Waals surface area contributed by atoms with Crippen LogP contribution in [0.15, 0.2) is 22.8 Å². The van der Waals surface area contributed by atoms with Crippen molar-refractivity contribution in [3.8, 4) is 0 Å². The Morgan fingerprint density at radius 3 is 2.53 bits per heavy atom. The number of carboxylic acids is 2. The molecule has 0 saturated heterocycles. The quantitative estimate of drug-likeness (QED) is 0.801. The van der Waals surface area contributed by atoms with Crippen LogP contribution in [0.1, 0.15) is 46.5 Å². The van der Waals surface area contributed by atoms with E-state index >= 15 is 0 Å². The van der Waals surface area contributed by atoms with Crippen LogP contribution in [0.3, 0.4) is 0 Å². The lowest BCUT2D eigenvalue weighted by Crippen LogP contribution is -2.18. The van der Waals surface area contributed by atoms with E-state index in [0.29, 0.717) is 5.92 Å². The van der Waals surface area contributed by atoms with Crippen molar-refractivity contribution < 1.29 is 19.8 Å². The normalized spacial score (nSPS) is 21.6. The second kappa shape index (κ2) is 6.55. The minimum atomic E-state index is -0.952. The Balaban J connectivity index is 3.04. The number of aliphatic carboxylic acids is 2. The highest BCUT2D eigenvalue weighted by Gasteiger charge is 2.25. The number of hydrogen-bond acceptors (Lipinski definition) is 2. The van der Waals surface area contributed by atoms with E-state index in [4.69, 9.17) is 5.11 Å². The number of hydrogen-bond donors (Lipinski definition) is 2. The van der Waals surface area contributed by atoms with Gasteiger partial charge in [-0.15, -0.1) is 0 Å². The summed E-state index contributed by atoms with van der Waals surface area (Å²) < 4.78 is 0. The van der Waals surface area contributed by atoms with Gasteiger partial charge in [-0.3, -0.25) is 9.59 Å². The van der Waals surface area contributed by atoms with Gasteiger partial charge in [0.25, 0.3) is 0 Å². The third kappa shape index (κ3) is 4.23. The van der Waals surface area contributed by atoms with E-state index in [9.17, 15) is 14.7 Å². The zero-order valence-electron chi connectivity index (χ0n) is 11.8. The van der Waals surface area contributed by atoms with E-state index in [2.05, 4.69) is 6.92 Å². The molecule has 0 aromatic carbocycles. The average Bonchev–Trinajstić information content (AvgIpc) is 2.43. The standard InChI is InChI=1S/C15H22O4/c1-9-4-5-10(2)13(8-11(9)3)12(15(18)19)6-7-14(16)17/h8-9,12H,4-7H2,1-3H3,(H,16,17)(H,18,19)/t9-,12-/m1/s1. The summed E-state index contributed by atoms with van der Waals surface area (Å²) in [5.41, 5.74) is 3.05. The van der Waals surface area contributed by atoms with E-state index in [1.54, 1.807) is 0 Å². The van der Waals surface area contributed by atoms with Gasteiger partial charge in [-0.1, -0.05) is 24.1 Å². The van der Waals surface area contributed by atoms with Crippen molar-refractivity contribution in [2.45, 2.75) is 46.5 Å². The minimum absolute atomic E-state index is 0.115. The maximum atomic E-state index is 11.4. The molecular formula is C15H22O4. The Morgan fingerprint density at radius 1 is 1.37 bits per heavy atom. The lowest BCUT2D eigenvalue weighted by atomic mass is 9.89. The van der Waals surface area contributed by atoms with Crippen molar-refractivity contribution in [3.05, 3.63) is 22.8 Å². The van der Waals surface area contributed by atoms with Crippen LogP contribution in [0, 0.1) is 11.8 Å². The van der Waals surface area contributed by atoms with Gasteiger partial charge in [-0.2, -0.15) is 0 Å². The fraction of sp³-hybridized carbons (Fsp3) is 0.600. The molecule has 1 aliphatic rings. The van der Waals surface area contributed by atoms with Crippen LogP contribution in [0.2, 0.25) is 0 Å². The Kier molecular flexibility index (Phi) is 5.33. The van der Waals surface area contributed by atoms with Crippen molar-refractivity contribution in [1.29, 1.82) is 0 Å². The highest BCUT2D eigenvalue weighted by Crippen LogP contribution is 2.32. The molecule has 0 unspecified atom stereocenters. The maximum Gasteiger partial charge on any atom is 0.310 e. The zero-order valence-corrected chi connectivity index (χ0v) is 11.8. The van der Waals surface area contributed by atoms with E-state index in [1.807, 2.05) is 19.9 Å². The van der Waals surface area contributed by atoms with Crippen LogP contribution >= 0.6 is 0 Å². The second-order valence-electron chi connectivity index (χ2n) is 5.39. The molecular weight excluding hydrogens is 244 g/mol. The number of carboxylic acid groups (broad SMARTS) is 2. The molecule has 4 heteroatoms. The molecule has 0 radical (unpaired) electrons. The molecule has 0 aliphatic heterocycles. The molecule has 0 aromatic rings.